The van der Waals surface area contributed by atoms with Crippen LogP contribution < -0.4 is 10.9 Å². The lowest BCUT2D eigenvalue weighted by Gasteiger charge is -2.06. The fourth-order valence-electron chi connectivity index (χ4n) is 2.62. The van der Waals surface area contributed by atoms with E-state index in [-0.39, 0.29) is 18.0 Å². The molecular formula is C18H15N5O2S2. The normalized spacial score (nSPS) is 10.9. The van der Waals surface area contributed by atoms with E-state index in [1.54, 1.807) is 16.7 Å². The third-order valence-electron chi connectivity index (χ3n) is 3.98. The van der Waals surface area contributed by atoms with E-state index in [4.69, 9.17) is 0 Å². The third-order valence-corrected chi connectivity index (χ3v) is 5.86. The number of para-hydroxylation sites is 2. The highest BCUT2D eigenvalue weighted by molar-refractivity contribution is 7.20. The van der Waals surface area contributed by atoms with Crippen LogP contribution in [0.25, 0.3) is 20.9 Å². The van der Waals surface area contributed by atoms with Crippen LogP contribution in [0.4, 0.5) is 0 Å². The molecule has 0 spiro atoms. The topological polar surface area (TPSA) is 88.9 Å². The molecule has 4 rings (SSSR count). The minimum atomic E-state index is -0.451. The summed E-state index contributed by atoms with van der Waals surface area (Å²) in [5.74, 6) is -0.181. The number of carbonyl (C=O) groups is 2. The molecule has 3 aromatic heterocycles. The Morgan fingerprint density at radius 2 is 1.93 bits per heavy atom. The summed E-state index contributed by atoms with van der Waals surface area (Å²) in [6, 6.07) is 11.5. The van der Waals surface area contributed by atoms with Crippen LogP contribution in [0.2, 0.25) is 0 Å². The van der Waals surface area contributed by atoms with Crippen LogP contribution in [-0.2, 0) is 18.3 Å². The number of hydrogen-bond donors (Lipinski definition) is 2. The molecule has 9 heteroatoms. The minimum Gasteiger partial charge on any atom is -0.331 e. The summed E-state index contributed by atoms with van der Waals surface area (Å²) >= 11 is 2.95. The number of fused-ring (bicyclic) bond motifs is 1. The maximum Gasteiger partial charge on any atom is 0.289 e. The predicted octanol–water partition coefficient (Wildman–Crippen LogP) is 2.76. The highest BCUT2D eigenvalue weighted by atomic mass is 32.1. The standard InChI is InChI=1S/C18H15N5O2S2/c1-23-13-6-3-2-5-11(13)19-15(23)9-16(24)21-22-17(25)12-10-27-18(20-12)14-7-4-8-26-14/h2-8,10H,9H2,1H3,(H,21,24)(H,22,25). The summed E-state index contributed by atoms with van der Waals surface area (Å²) in [5, 5.41) is 4.40. The van der Waals surface area contributed by atoms with Crippen LogP contribution >= 0.6 is 22.7 Å². The lowest BCUT2D eigenvalue weighted by Crippen LogP contribution is -2.42. The quantitative estimate of drug-likeness (QED) is 0.518. The number of rotatable bonds is 4. The smallest absolute Gasteiger partial charge is 0.289 e. The van der Waals surface area contributed by atoms with Crippen LogP contribution in [0.5, 0.6) is 0 Å². The van der Waals surface area contributed by atoms with Gasteiger partial charge in [-0.05, 0) is 23.6 Å². The maximum atomic E-state index is 12.2. The number of imidazole rings is 1. The summed E-state index contributed by atoms with van der Waals surface area (Å²) < 4.78 is 1.87. The van der Waals surface area contributed by atoms with Crippen molar-refractivity contribution >= 4 is 45.5 Å². The van der Waals surface area contributed by atoms with Gasteiger partial charge in [-0.1, -0.05) is 18.2 Å². The molecule has 0 bridgehead atoms. The lowest BCUT2D eigenvalue weighted by molar-refractivity contribution is -0.121. The zero-order valence-electron chi connectivity index (χ0n) is 14.3. The zero-order valence-corrected chi connectivity index (χ0v) is 15.9. The maximum absolute atomic E-state index is 12.2. The van der Waals surface area contributed by atoms with Crippen LogP contribution in [0.15, 0.2) is 47.2 Å². The molecule has 0 fully saturated rings. The summed E-state index contributed by atoms with van der Waals surface area (Å²) in [5.41, 5.74) is 6.87. The van der Waals surface area contributed by atoms with Crippen molar-refractivity contribution in [3.63, 3.8) is 0 Å². The van der Waals surface area contributed by atoms with Gasteiger partial charge in [0.15, 0.2) is 0 Å². The third kappa shape index (κ3) is 3.60. The Kier molecular flexibility index (Phi) is 4.69. The molecule has 136 valence electrons. The molecule has 0 aliphatic rings. The van der Waals surface area contributed by atoms with Gasteiger partial charge < -0.3 is 4.57 Å². The van der Waals surface area contributed by atoms with E-state index >= 15 is 0 Å². The molecule has 0 radical (unpaired) electrons. The number of benzene rings is 1. The number of carbonyl (C=O) groups excluding carboxylic acids is 2. The molecule has 2 N–H and O–H groups in total. The van der Waals surface area contributed by atoms with E-state index in [0.717, 1.165) is 20.9 Å². The van der Waals surface area contributed by atoms with Gasteiger partial charge in [0.1, 0.15) is 16.5 Å². The Morgan fingerprint density at radius 1 is 1.07 bits per heavy atom. The van der Waals surface area contributed by atoms with Crippen molar-refractivity contribution in [3.8, 4) is 9.88 Å². The monoisotopic (exact) mass is 397 g/mol. The van der Waals surface area contributed by atoms with Gasteiger partial charge in [-0.3, -0.25) is 20.4 Å². The van der Waals surface area contributed by atoms with Crippen LogP contribution in [0, 0.1) is 0 Å². The van der Waals surface area contributed by atoms with Crippen molar-refractivity contribution in [2.75, 3.05) is 0 Å². The Balaban J connectivity index is 1.37. The Hall–Kier alpha value is -3.04. The van der Waals surface area contributed by atoms with Crippen molar-refractivity contribution < 1.29 is 9.59 Å². The Morgan fingerprint density at radius 3 is 2.70 bits per heavy atom. The highest BCUT2D eigenvalue weighted by Crippen LogP contribution is 2.27. The molecule has 3 heterocycles. The zero-order chi connectivity index (χ0) is 18.8. The molecule has 0 unspecified atom stereocenters. The second-order valence-corrected chi connectivity index (χ2v) is 7.58. The lowest BCUT2D eigenvalue weighted by atomic mass is 10.3. The Labute approximate surface area is 162 Å². The molecule has 0 aliphatic carbocycles. The average molecular weight is 397 g/mol. The van der Waals surface area contributed by atoms with Crippen molar-refractivity contribution in [1.82, 2.24) is 25.4 Å². The molecule has 1 aromatic carbocycles. The first-order valence-electron chi connectivity index (χ1n) is 8.11. The molecule has 0 aliphatic heterocycles. The summed E-state index contributed by atoms with van der Waals surface area (Å²) in [4.78, 5) is 34.1. The van der Waals surface area contributed by atoms with Crippen molar-refractivity contribution in [1.29, 1.82) is 0 Å². The van der Waals surface area contributed by atoms with Gasteiger partial charge in [0.05, 0.1) is 22.3 Å². The number of nitrogens with zero attached hydrogens (tertiary/aromatic N) is 3. The van der Waals surface area contributed by atoms with E-state index < -0.39 is 5.91 Å². The number of aromatic nitrogens is 3. The summed E-state index contributed by atoms with van der Waals surface area (Å²) in [6.07, 6.45) is 0.0585. The fourth-order valence-corrected chi connectivity index (χ4v) is 4.24. The van der Waals surface area contributed by atoms with Crippen LogP contribution in [0.1, 0.15) is 16.3 Å². The van der Waals surface area contributed by atoms with Gasteiger partial charge in [0, 0.05) is 12.4 Å². The fraction of sp³-hybridized carbons (Fsp3) is 0.111. The molecule has 2 amide bonds. The van der Waals surface area contributed by atoms with E-state index in [1.807, 2.05) is 53.4 Å². The first-order chi connectivity index (χ1) is 13.1. The second-order valence-electron chi connectivity index (χ2n) is 5.77. The molecular weight excluding hydrogens is 382 g/mol. The number of aryl methyl sites for hydroxylation is 1. The number of thiophene rings is 1. The van der Waals surface area contributed by atoms with E-state index in [2.05, 4.69) is 20.8 Å². The van der Waals surface area contributed by atoms with Gasteiger partial charge in [0.2, 0.25) is 5.91 Å². The van der Waals surface area contributed by atoms with Gasteiger partial charge in [-0.15, -0.1) is 22.7 Å². The Bertz CT molecular complexity index is 1110. The number of nitrogens with one attached hydrogen (secondary N) is 2. The van der Waals surface area contributed by atoms with Crippen LogP contribution in [-0.4, -0.2) is 26.3 Å². The number of hydrogen-bond acceptors (Lipinski definition) is 6. The van der Waals surface area contributed by atoms with E-state index in [9.17, 15) is 9.59 Å². The number of hydrazine groups is 1. The molecule has 4 aromatic rings. The van der Waals surface area contributed by atoms with Gasteiger partial charge in [0.25, 0.3) is 5.91 Å². The largest absolute Gasteiger partial charge is 0.331 e. The van der Waals surface area contributed by atoms with E-state index in [1.165, 1.54) is 11.3 Å². The van der Waals surface area contributed by atoms with Crippen molar-refractivity contribution in [2.24, 2.45) is 7.05 Å². The van der Waals surface area contributed by atoms with E-state index in [0.29, 0.717) is 5.82 Å². The molecule has 27 heavy (non-hydrogen) atoms. The molecule has 0 atom stereocenters. The summed E-state index contributed by atoms with van der Waals surface area (Å²) in [7, 11) is 1.86. The molecule has 7 nitrogen and oxygen atoms in total. The number of amides is 2. The minimum absolute atomic E-state index is 0.0585. The van der Waals surface area contributed by atoms with Gasteiger partial charge >= 0.3 is 0 Å². The first-order valence-corrected chi connectivity index (χ1v) is 9.86. The second kappa shape index (κ2) is 7.29. The molecule has 0 saturated heterocycles. The molecule has 0 saturated carbocycles. The average Bonchev–Trinajstić information content (AvgIpc) is 3.41. The predicted molar refractivity (Wildman–Crippen MR) is 105 cm³/mol. The highest BCUT2D eigenvalue weighted by Gasteiger charge is 2.15. The number of thiazole rings is 1. The van der Waals surface area contributed by atoms with Gasteiger partial charge in [-0.25, -0.2) is 9.97 Å². The SMILES string of the molecule is Cn1c(CC(=O)NNC(=O)c2csc(-c3cccs3)n2)nc2ccccc21. The first kappa shape index (κ1) is 17.4. The van der Waals surface area contributed by atoms with Crippen molar-refractivity contribution in [3.05, 3.63) is 58.7 Å². The summed E-state index contributed by atoms with van der Waals surface area (Å²) in [6.45, 7) is 0. The van der Waals surface area contributed by atoms with Crippen LogP contribution in [0.3, 0.4) is 0 Å². The van der Waals surface area contributed by atoms with Gasteiger partial charge in [-0.2, -0.15) is 0 Å². The van der Waals surface area contributed by atoms with Crippen molar-refractivity contribution in [2.45, 2.75) is 6.42 Å².